The number of carbonyl (C=O) groups is 2. The lowest BCUT2D eigenvalue weighted by Gasteiger charge is -2.34. The van der Waals surface area contributed by atoms with Crippen LogP contribution in [-0.2, 0) is 9.53 Å². The molecule has 1 fully saturated rings. The third-order valence-electron chi connectivity index (χ3n) is 6.03. The van der Waals surface area contributed by atoms with Crippen LogP contribution in [0.4, 0.5) is 4.39 Å². The number of methoxy groups -OCH3 is 2. The molecule has 0 bridgehead atoms. The van der Waals surface area contributed by atoms with Gasteiger partial charge in [0.25, 0.3) is 5.91 Å². The van der Waals surface area contributed by atoms with Gasteiger partial charge in [0.15, 0.2) is 5.69 Å². The number of halogens is 1. The number of para-hydroxylation sites is 1. The molecule has 1 amide bonds. The summed E-state index contributed by atoms with van der Waals surface area (Å²) in [7, 11) is 2.89. The summed E-state index contributed by atoms with van der Waals surface area (Å²) in [6, 6.07) is 14.8. The Kier molecular flexibility index (Phi) is 6.44. The summed E-state index contributed by atoms with van der Waals surface area (Å²) in [5.74, 6) is -0.691. The molecule has 0 aliphatic heterocycles. The Morgan fingerprint density at radius 1 is 1.03 bits per heavy atom. The fourth-order valence-electron chi connectivity index (χ4n) is 4.33. The molecule has 0 spiro atoms. The minimum atomic E-state index is -1.06. The number of amides is 1. The van der Waals surface area contributed by atoms with Gasteiger partial charge in [-0.15, -0.1) is 0 Å². The van der Waals surface area contributed by atoms with E-state index in [4.69, 9.17) is 9.47 Å². The van der Waals surface area contributed by atoms with E-state index in [1.807, 2.05) is 24.3 Å². The Morgan fingerprint density at radius 2 is 1.73 bits per heavy atom. The second kappa shape index (κ2) is 9.44. The van der Waals surface area contributed by atoms with Crippen LogP contribution >= 0.6 is 0 Å². The average molecular weight is 451 g/mol. The van der Waals surface area contributed by atoms with E-state index in [1.165, 1.54) is 19.2 Å². The van der Waals surface area contributed by atoms with Crippen LogP contribution in [0.5, 0.6) is 5.75 Å². The number of ether oxygens (including phenoxy) is 2. The maximum atomic E-state index is 13.5. The van der Waals surface area contributed by atoms with Crippen molar-refractivity contribution in [2.45, 2.75) is 37.6 Å². The molecule has 1 N–H and O–H groups in total. The van der Waals surface area contributed by atoms with Crippen LogP contribution in [0, 0.1) is 5.82 Å². The van der Waals surface area contributed by atoms with E-state index in [0.29, 0.717) is 30.0 Å². The van der Waals surface area contributed by atoms with E-state index in [0.717, 1.165) is 24.8 Å². The zero-order valence-corrected chi connectivity index (χ0v) is 18.6. The topological polar surface area (TPSA) is 82.5 Å². The molecule has 1 saturated carbocycles. The SMILES string of the molecule is COC(=O)C1(NC(=O)c2cc(-c3ccccc3OC)n(-c3ccc(F)cc3)n2)CCCCC1. The molecule has 172 valence electrons. The van der Waals surface area contributed by atoms with E-state index in [9.17, 15) is 14.0 Å². The minimum Gasteiger partial charge on any atom is -0.496 e. The van der Waals surface area contributed by atoms with Crippen molar-refractivity contribution in [1.82, 2.24) is 15.1 Å². The molecule has 1 heterocycles. The first-order valence-corrected chi connectivity index (χ1v) is 10.9. The number of nitrogens with zero attached hydrogens (tertiary/aromatic N) is 2. The second-order valence-corrected chi connectivity index (χ2v) is 8.09. The fraction of sp³-hybridized carbons (Fsp3) is 0.320. The van der Waals surface area contributed by atoms with Gasteiger partial charge in [-0.25, -0.2) is 13.9 Å². The number of nitrogens with one attached hydrogen (secondary N) is 1. The first-order chi connectivity index (χ1) is 16.0. The van der Waals surface area contributed by atoms with E-state index in [-0.39, 0.29) is 11.5 Å². The third kappa shape index (κ3) is 4.46. The Morgan fingerprint density at radius 3 is 2.39 bits per heavy atom. The number of hydrogen-bond donors (Lipinski definition) is 1. The van der Waals surface area contributed by atoms with Gasteiger partial charge in [-0.3, -0.25) is 4.79 Å². The Bertz CT molecular complexity index is 1150. The Balaban J connectivity index is 1.77. The molecule has 0 radical (unpaired) electrons. The van der Waals surface area contributed by atoms with Crippen molar-refractivity contribution in [3.05, 3.63) is 66.1 Å². The number of esters is 1. The quantitative estimate of drug-likeness (QED) is 0.566. The van der Waals surface area contributed by atoms with Gasteiger partial charge in [-0.1, -0.05) is 31.4 Å². The van der Waals surface area contributed by atoms with Crippen LogP contribution in [0.15, 0.2) is 54.6 Å². The van der Waals surface area contributed by atoms with Crippen LogP contribution in [0.2, 0.25) is 0 Å². The van der Waals surface area contributed by atoms with Gasteiger partial charge in [-0.2, -0.15) is 5.10 Å². The first kappa shape index (κ1) is 22.5. The fourth-order valence-corrected chi connectivity index (χ4v) is 4.33. The Labute approximate surface area is 191 Å². The van der Waals surface area contributed by atoms with Gasteiger partial charge in [0.05, 0.1) is 25.6 Å². The van der Waals surface area contributed by atoms with Crippen molar-refractivity contribution in [3.8, 4) is 22.7 Å². The van der Waals surface area contributed by atoms with Crippen LogP contribution in [0.1, 0.15) is 42.6 Å². The normalized spacial score (nSPS) is 15.0. The highest BCUT2D eigenvalue weighted by Gasteiger charge is 2.42. The monoisotopic (exact) mass is 451 g/mol. The third-order valence-corrected chi connectivity index (χ3v) is 6.03. The molecule has 33 heavy (non-hydrogen) atoms. The summed E-state index contributed by atoms with van der Waals surface area (Å²) in [4.78, 5) is 25.9. The number of rotatable bonds is 6. The van der Waals surface area contributed by atoms with Gasteiger partial charge >= 0.3 is 5.97 Å². The van der Waals surface area contributed by atoms with E-state index >= 15 is 0 Å². The predicted molar refractivity (Wildman–Crippen MR) is 121 cm³/mol. The summed E-state index contributed by atoms with van der Waals surface area (Å²) in [5.41, 5.74) is 0.968. The van der Waals surface area contributed by atoms with Gasteiger partial charge in [-0.05, 0) is 55.3 Å². The summed E-state index contributed by atoms with van der Waals surface area (Å²) in [6.45, 7) is 0. The molecular weight excluding hydrogens is 425 g/mol. The molecule has 0 saturated heterocycles. The molecule has 7 nitrogen and oxygen atoms in total. The van der Waals surface area contributed by atoms with Gasteiger partial charge in [0.2, 0.25) is 0 Å². The summed E-state index contributed by atoms with van der Waals surface area (Å²) in [6.07, 6.45) is 3.69. The largest absolute Gasteiger partial charge is 0.496 e. The molecule has 8 heteroatoms. The van der Waals surface area contributed by atoms with E-state index < -0.39 is 17.4 Å². The maximum Gasteiger partial charge on any atom is 0.331 e. The molecule has 4 rings (SSSR count). The van der Waals surface area contributed by atoms with Crippen molar-refractivity contribution in [1.29, 1.82) is 0 Å². The van der Waals surface area contributed by atoms with Crippen molar-refractivity contribution in [2.24, 2.45) is 0 Å². The zero-order chi connectivity index (χ0) is 23.4. The van der Waals surface area contributed by atoms with Crippen molar-refractivity contribution < 1.29 is 23.5 Å². The lowest BCUT2D eigenvalue weighted by Crippen LogP contribution is -2.56. The highest BCUT2D eigenvalue weighted by Crippen LogP contribution is 2.33. The smallest absolute Gasteiger partial charge is 0.331 e. The lowest BCUT2D eigenvalue weighted by atomic mass is 9.81. The molecule has 0 atom stereocenters. The zero-order valence-electron chi connectivity index (χ0n) is 18.6. The minimum absolute atomic E-state index is 0.133. The van der Waals surface area contributed by atoms with Crippen molar-refractivity contribution in [3.63, 3.8) is 0 Å². The van der Waals surface area contributed by atoms with Gasteiger partial charge in [0.1, 0.15) is 17.1 Å². The predicted octanol–water partition coefficient (Wildman–Crippen LogP) is 4.29. The van der Waals surface area contributed by atoms with E-state index in [1.54, 1.807) is 30.0 Å². The second-order valence-electron chi connectivity index (χ2n) is 8.09. The van der Waals surface area contributed by atoms with Crippen molar-refractivity contribution >= 4 is 11.9 Å². The summed E-state index contributed by atoms with van der Waals surface area (Å²) >= 11 is 0. The molecule has 3 aromatic rings. The molecule has 2 aromatic carbocycles. The van der Waals surface area contributed by atoms with Gasteiger partial charge in [0, 0.05) is 5.56 Å². The molecular formula is C25H26FN3O4. The lowest BCUT2D eigenvalue weighted by molar-refractivity contribution is -0.149. The van der Waals surface area contributed by atoms with Crippen LogP contribution in [-0.4, -0.2) is 41.4 Å². The summed E-state index contributed by atoms with van der Waals surface area (Å²) in [5, 5.41) is 7.42. The molecule has 1 aliphatic rings. The van der Waals surface area contributed by atoms with Crippen LogP contribution in [0.25, 0.3) is 16.9 Å². The number of aromatic nitrogens is 2. The Hall–Kier alpha value is -3.68. The number of benzene rings is 2. The summed E-state index contributed by atoms with van der Waals surface area (Å²) < 4.78 is 25.6. The highest BCUT2D eigenvalue weighted by molar-refractivity contribution is 5.98. The van der Waals surface area contributed by atoms with Crippen molar-refractivity contribution in [2.75, 3.05) is 14.2 Å². The molecule has 0 unspecified atom stereocenters. The molecule has 1 aliphatic carbocycles. The average Bonchev–Trinajstić information content (AvgIpc) is 3.30. The first-order valence-electron chi connectivity index (χ1n) is 10.9. The number of hydrogen-bond acceptors (Lipinski definition) is 5. The van der Waals surface area contributed by atoms with Gasteiger partial charge < -0.3 is 14.8 Å². The number of carbonyl (C=O) groups excluding carboxylic acids is 2. The van der Waals surface area contributed by atoms with Crippen LogP contribution in [0.3, 0.4) is 0 Å². The maximum absolute atomic E-state index is 13.5. The van der Waals surface area contributed by atoms with E-state index in [2.05, 4.69) is 10.4 Å². The highest BCUT2D eigenvalue weighted by atomic mass is 19.1. The van der Waals surface area contributed by atoms with Crippen LogP contribution < -0.4 is 10.1 Å². The molecule has 1 aromatic heterocycles. The standard InChI is InChI=1S/C25H26FN3O4/c1-32-22-9-5-4-8-19(22)21-16-20(28-29(21)18-12-10-17(26)11-13-18)23(30)27-25(24(31)33-2)14-6-3-7-15-25/h4-5,8-13,16H,3,6-7,14-15H2,1-2H3,(H,27,30).